The highest BCUT2D eigenvalue weighted by atomic mass is 32.2. The Morgan fingerprint density at radius 1 is 1.42 bits per heavy atom. The molecule has 0 aromatic rings. The van der Waals surface area contributed by atoms with E-state index in [0.717, 1.165) is 26.2 Å². The summed E-state index contributed by atoms with van der Waals surface area (Å²) in [5.41, 5.74) is 0. The largest absolute Gasteiger partial charge is 0.314 e. The number of rotatable bonds is 3. The minimum absolute atomic E-state index is 0.556. The fraction of sp³-hybridized carbons (Fsp3) is 0.857. The lowest BCUT2D eigenvalue weighted by Crippen LogP contribution is -2.44. The van der Waals surface area contributed by atoms with Crippen LogP contribution in [-0.2, 0) is 9.84 Å². The third-order valence-electron chi connectivity index (χ3n) is 1.85. The molecule has 5 heteroatoms. The molecule has 71 valence electrons. The second-order valence-electron chi connectivity index (χ2n) is 3.05. The first-order chi connectivity index (χ1) is 5.58. The van der Waals surface area contributed by atoms with Gasteiger partial charge in [0.25, 0.3) is 0 Å². The Morgan fingerprint density at radius 3 is 2.50 bits per heavy atom. The van der Waals surface area contributed by atoms with Gasteiger partial charge in [0.2, 0.25) is 0 Å². The Bertz CT molecular complexity index is 220. The van der Waals surface area contributed by atoms with Crippen LogP contribution in [0.25, 0.3) is 0 Å². The number of piperazine rings is 1. The first-order valence-corrected chi connectivity index (χ1v) is 6.00. The number of nitrogens with zero attached hydrogens (tertiary/aromatic N) is 1. The zero-order valence-electron chi connectivity index (χ0n) is 7.28. The number of hydrogen-bond donors (Lipinski definition) is 1. The molecule has 0 bridgehead atoms. The first kappa shape index (κ1) is 9.95. The van der Waals surface area contributed by atoms with Gasteiger partial charge in [0.15, 0.2) is 9.84 Å². The van der Waals surface area contributed by atoms with E-state index in [1.54, 1.807) is 0 Å². The summed E-state index contributed by atoms with van der Waals surface area (Å²) in [6.07, 6.45) is 1.23. The summed E-state index contributed by atoms with van der Waals surface area (Å²) in [6.45, 7) is 4.34. The molecule has 1 heterocycles. The van der Waals surface area contributed by atoms with Crippen LogP contribution in [0, 0.1) is 5.75 Å². The lowest BCUT2D eigenvalue weighted by atomic mass is 10.4. The lowest BCUT2D eigenvalue weighted by Gasteiger charge is -2.26. The molecule has 12 heavy (non-hydrogen) atoms. The third kappa shape index (κ3) is 4.04. The van der Waals surface area contributed by atoms with Crippen molar-refractivity contribution in [1.29, 1.82) is 0 Å². The molecule has 1 N–H and O–H groups in total. The molecule has 0 aliphatic carbocycles. The maximum absolute atomic E-state index is 10.8. The second kappa shape index (κ2) is 4.20. The van der Waals surface area contributed by atoms with Gasteiger partial charge < -0.3 is 5.32 Å². The Morgan fingerprint density at radius 2 is 2.00 bits per heavy atom. The fourth-order valence-electron chi connectivity index (χ4n) is 1.13. The molecular formula is C7H15N2O2S. The van der Waals surface area contributed by atoms with E-state index in [4.69, 9.17) is 0 Å². The van der Waals surface area contributed by atoms with Crippen molar-refractivity contribution in [3.8, 4) is 0 Å². The number of hydrogen-bond acceptors (Lipinski definition) is 4. The Hall–Kier alpha value is -0.130. The normalized spacial score (nSPS) is 21.1. The SMILES string of the molecule is CS(=O)(=O)[CH]CN1CCNCC1. The molecule has 1 aliphatic rings. The van der Waals surface area contributed by atoms with Crippen LogP contribution in [0.1, 0.15) is 0 Å². The van der Waals surface area contributed by atoms with E-state index < -0.39 is 9.84 Å². The summed E-state index contributed by atoms with van der Waals surface area (Å²) in [5.74, 6) is 1.37. The van der Waals surface area contributed by atoms with Gasteiger partial charge in [-0.2, -0.15) is 0 Å². The summed E-state index contributed by atoms with van der Waals surface area (Å²) in [6, 6.07) is 0. The Kier molecular flexibility index (Phi) is 3.49. The summed E-state index contributed by atoms with van der Waals surface area (Å²) in [5, 5.41) is 3.21. The molecule has 0 spiro atoms. The van der Waals surface area contributed by atoms with E-state index >= 15 is 0 Å². The quantitative estimate of drug-likeness (QED) is 0.628. The average molecular weight is 191 g/mol. The van der Waals surface area contributed by atoms with Crippen molar-refractivity contribution in [2.45, 2.75) is 0 Å². The highest BCUT2D eigenvalue weighted by Gasteiger charge is 2.11. The molecule has 1 rings (SSSR count). The van der Waals surface area contributed by atoms with Gasteiger partial charge >= 0.3 is 0 Å². The second-order valence-corrected chi connectivity index (χ2v) is 5.04. The zero-order chi connectivity index (χ0) is 9.03. The Labute approximate surface area is 73.9 Å². The van der Waals surface area contributed by atoms with Crippen molar-refractivity contribution in [3.05, 3.63) is 5.75 Å². The first-order valence-electron chi connectivity index (χ1n) is 4.04. The summed E-state index contributed by atoms with van der Waals surface area (Å²) < 4.78 is 21.6. The van der Waals surface area contributed by atoms with Gasteiger partial charge in [-0.25, -0.2) is 8.42 Å². The van der Waals surface area contributed by atoms with Crippen molar-refractivity contribution >= 4 is 9.84 Å². The van der Waals surface area contributed by atoms with E-state index in [2.05, 4.69) is 10.2 Å². The highest BCUT2D eigenvalue weighted by Crippen LogP contribution is 1.97. The van der Waals surface area contributed by atoms with Crippen LogP contribution < -0.4 is 5.32 Å². The van der Waals surface area contributed by atoms with Crippen molar-refractivity contribution < 1.29 is 8.42 Å². The van der Waals surface area contributed by atoms with Crippen molar-refractivity contribution in [1.82, 2.24) is 10.2 Å². The molecule has 1 radical (unpaired) electrons. The number of sulfone groups is 1. The molecule has 0 unspecified atom stereocenters. The highest BCUT2D eigenvalue weighted by molar-refractivity contribution is 7.92. The van der Waals surface area contributed by atoms with E-state index in [9.17, 15) is 8.42 Å². The van der Waals surface area contributed by atoms with Crippen LogP contribution >= 0.6 is 0 Å². The summed E-state index contributed by atoms with van der Waals surface area (Å²) >= 11 is 0. The average Bonchev–Trinajstić information content (AvgIpc) is 2.02. The molecule has 0 aromatic carbocycles. The molecule has 0 atom stereocenters. The van der Waals surface area contributed by atoms with Crippen molar-refractivity contribution in [2.75, 3.05) is 39.0 Å². The van der Waals surface area contributed by atoms with Crippen LogP contribution in [0.5, 0.6) is 0 Å². The predicted molar refractivity (Wildman–Crippen MR) is 48.5 cm³/mol. The lowest BCUT2D eigenvalue weighted by molar-refractivity contribution is 0.261. The Balaban J connectivity index is 2.22. The third-order valence-corrected chi connectivity index (χ3v) is 2.60. The van der Waals surface area contributed by atoms with Crippen LogP contribution in [0.2, 0.25) is 0 Å². The molecule has 0 saturated carbocycles. The van der Waals surface area contributed by atoms with E-state index in [1.807, 2.05) is 0 Å². The maximum atomic E-state index is 10.8. The fourth-order valence-corrected chi connectivity index (χ4v) is 1.62. The van der Waals surface area contributed by atoms with E-state index in [0.29, 0.717) is 6.54 Å². The van der Waals surface area contributed by atoms with Crippen molar-refractivity contribution in [3.63, 3.8) is 0 Å². The summed E-state index contributed by atoms with van der Waals surface area (Å²) in [4.78, 5) is 2.12. The smallest absolute Gasteiger partial charge is 0.152 e. The van der Waals surface area contributed by atoms with Crippen LogP contribution in [0.15, 0.2) is 0 Å². The summed E-state index contributed by atoms with van der Waals surface area (Å²) in [7, 11) is -2.91. The molecule has 1 fully saturated rings. The zero-order valence-corrected chi connectivity index (χ0v) is 8.10. The van der Waals surface area contributed by atoms with E-state index in [1.165, 1.54) is 12.0 Å². The molecule has 1 aliphatic heterocycles. The predicted octanol–water partition coefficient (Wildman–Crippen LogP) is -0.902. The van der Waals surface area contributed by atoms with E-state index in [-0.39, 0.29) is 0 Å². The standard InChI is InChI=1S/C7H15N2O2S/c1-12(10,11)7-6-9-4-2-8-3-5-9/h7-8H,2-6H2,1H3. The molecule has 4 nitrogen and oxygen atoms in total. The van der Waals surface area contributed by atoms with Gasteiger partial charge in [-0.1, -0.05) is 0 Å². The van der Waals surface area contributed by atoms with Crippen LogP contribution in [0.3, 0.4) is 0 Å². The molecule has 0 aromatic heterocycles. The molecule has 0 amide bonds. The van der Waals surface area contributed by atoms with Crippen LogP contribution in [0.4, 0.5) is 0 Å². The number of nitrogens with one attached hydrogen (secondary N) is 1. The van der Waals surface area contributed by atoms with Crippen LogP contribution in [-0.4, -0.2) is 52.3 Å². The van der Waals surface area contributed by atoms with Crippen molar-refractivity contribution in [2.24, 2.45) is 0 Å². The van der Waals surface area contributed by atoms with Gasteiger partial charge in [0.05, 0.1) is 5.75 Å². The molecule has 1 saturated heterocycles. The van der Waals surface area contributed by atoms with Gasteiger partial charge in [-0.05, 0) is 0 Å². The molecular weight excluding hydrogens is 176 g/mol. The minimum atomic E-state index is -2.91. The van der Waals surface area contributed by atoms with Gasteiger partial charge in [-0.3, -0.25) is 4.90 Å². The van der Waals surface area contributed by atoms with Gasteiger partial charge in [0, 0.05) is 39.0 Å². The topological polar surface area (TPSA) is 49.4 Å². The monoisotopic (exact) mass is 191 g/mol. The maximum Gasteiger partial charge on any atom is 0.152 e. The minimum Gasteiger partial charge on any atom is -0.314 e. The van der Waals surface area contributed by atoms with Gasteiger partial charge in [0.1, 0.15) is 0 Å². The van der Waals surface area contributed by atoms with Gasteiger partial charge in [-0.15, -0.1) is 0 Å².